The molecule has 0 aromatic heterocycles. The summed E-state index contributed by atoms with van der Waals surface area (Å²) in [5, 5.41) is 0. The van der Waals surface area contributed by atoms with E-state index in [0.29, 0.717) is 31.5 Å². The Morgan fingerprint density at radius 3 is 2.05 bits per heavy atom. The Hall–Kier alpha value is -2.84. The average Bonchev–Trinajstić information content (AvgIpc) is 2.88. The van der Waals surface area contributed by atoms with E-state index in [1.165, 1.54) is 7.05 Å². The van der Waals surface area contributed by atoms with E-state index in [4.69, 9.17) is 0 Å². The number of unbranched alkanes of at least 4 members (excludes halogenated alkanes) is 1. The van der Waals surface area contributed by atoms with E-state index in [-0.39, 0.29) is 12.6 Å². The van der Waals surface area contributed by atoms with Crippen molar-refractivity contribution in [2.24, 2.45) is 0 Å². The Labute approximate surface area is 236 Å². The second-order valence-corrected chi connectivity index (χ2v) is 12.0. The number of carbonyl (C=O) groups is 1. The zero-order valence-corrected chi connectivity index (χ0v) is 23.8. The Balaban J connectivity index is 1.51. The highest BCUT2D eigenvalue weighted by Crippen LogP contribution is 2.36. The van der Waals surface area contributed by atoms with E-state index in [9.17, 15) is 39.6 Å². The van der Waals surface area contributed by atoms with Crippen molar-refractivity contribution in [1.29, 1.82) is 0 Å². The molecule has 0 spiro atoms. The van der Waals surface area contributed by atoms with E-state index in [1.807, 2.05) is 24.3 Å². The second kappa shape index (κ2) is 13.0. The summed E-state index contributed by atoms with van der Waals surface area (Å²) in [6.45, 7) is 5.62. The summed E-state index contributed by atoms with van der Waals surface area (Å²) in [6.07, 6.45) is -7.73. The molecule has 1 aliphatic rings. The van der Waals surface area contributed by atoms with Crippen molar-refractivity contribution < 1.29 is 39.6 Å². The number of sulfonamides is 1. The first kappa shape index (κ1) is 32.7. The lowest BCUT2D eigenvalue weighted by Crippen LogP contribution is -2.47. The predicted octanol–water partition coefficient (Wildman–Crippen LogP) is 5.01. The van der Waals surface area contributed by atoms with Crippen LogP contribution in [0.4, 0.5) is 32.0 Å². The molecule has 2 aromatic carbocycles. The SMILES string of the molecule is CC(NS(C)(=O)=O)c1ccccc1N1CCN(CCCCN(C)C(=O)c2cc(C(F)(F)F)cc(C(F)(F)F)c2)CC1. The lowest BCUT2D eigenvalue weighted by Gasteiger charge is -2.37. The summed E-state index contributed by atoms with van der Waals surface area (Å²) in [7, 11) is -2.02. The van der Waals surface area contributed by atoms with Crippen molar-refractivity contribution in [3.63, 3.8) is 0 Å². The van der Waals surface area contributed by atoms with Crippen LogP contribution in [0.2, 0.25) is 0 Å². The predicted molar refractivity (Wildman–Crippen MR) is 144 cm³/mol. The van der Waals surface area contributed by atoms with E-state index in [0.717, 1.165) is 48.6 Å². The number of carbonyl (C=O) groups excluding carboxylic acids is 1. The number of nitrogens with zero attached hydrogens (tertiary/aromatic N) is 3. The zero-order valence-electron chi connectivity index (χ0n) is 23.0. The maximum Gasteiger partial charge on any atom is 0.416 e. The zero-order chi connectivity index (χ0) is 30.6. The third-order valence-corrected chi connectivity index (χ3v) is 7.69. The van der Waals surface area contributed by atoms with Crippen LogP contribution in [0.25, 0.3) is 0 Å². The van der Waals surface area contributed by atoms with E-state index in [1.54, 1.807) is 6.92 Å². The molecule has 0 radical (unpaired) electrons. The lowest BCUT2D eigenvalue weighted by molar-refractivity contribution is -0.143. The molecule has 14 heteroatoms. The number of nitrogens with one attached hydrogen (secondary N) is 1. The Morgan fingerprint density at radius 2 is 1.51 bits per heavy atom. The van der Waals surface area contributed by atoms with Crippen LogP contribution in [0.1, 0.15) is 52.9 Å². The first-order valence-electron chi connectivity index (χ1n) is 13.0. The summed E-state index contributed by atoms with van der Waals surface area (Å²) >= 11 is 0. The number of halogens is 6. The standard InChI is InChI=1S/C27H34F6N4O3S/c1-19(34-41(3,39)40)23-8-4-5-9-24(23)37-14-12-36(13-15-37)11-7-6-10-35(2)25(38)20-16-21(26(28,29)30)18-22(17-20)27(31,32)33/h4-5,8-9,16-19,34H,6-7,10-15H2,1-3H3. The van der Waals surface area contributed by atoms with Gasteiger partial charge in [-0.15, -0.1) is 0 Å². The van der Waals surface area contributed by atoms with Crippen molar-refractivity contribution >= 4 is 21.6 Å². The molecule has 41 heavy (non-hydrogen) atoms. The van der Waals surface area contributed by atoms with Gasteiger partial charge in [-0.3, -0.25) is 9.69 Å². The number of alkyl halides is 6. The minimum atomic E-state index is -5.02. The van der Waals surface area contributed by atoms with Crippen LogP contribution in [-0.4, -0.2) is 76.7 Å². The smallest absolute Gasteiger partial charge is 0.369 e. The van der Waals surface area contributed by atoms with Crippen molar-refractivity contribution in [2.45, 2.75) is 38.2 Å². The molecule has 1 atom stereocenters. The van der Waals surface area contributed by atoms with Gasteiger partial charge < -0.3 is 9.80 Å². The van der Waals surface area contributed by atoms with Gasteiger partial charge in [-0.1, -0.05) is 18.2 Å². The first-order valence-corrected chi connectivity index (χ1v) is 14.9. The van der Waals surface area contributed by atoms with Crippen LogP contribution < -0.4 is 9.62 Å². The minimum Gasteiger partial charge on any atom is -0.369 e. The van der Waals surface area contributed by atoms with Crippen molar-refractivity contribution in [3.8, 4) is 0 Å². The molecule has 228 valence electrons. The number of hydrogen-bond donors (Lipinski definition) is 1. The van der Waals surface area contributed by atoms with Crippen molar-refractivity contribution in [2.75, 3.05) is 57.5 Å². The number of rotatable bonds is 10. The molecule has 2 aromatic rings. The molecule has 1 saturated heterocycles. The van der Waals surface area contributed by atoms with Crippen LogP contribution in [-0.2, 0) is 22.4 Å². The van der Waals surface area contributed by atoms with Gasteiger partial charge in [0.1, 0.15) is 0 Å². The van der Waals surface area contributed by atoms with E-state index in [2.05, 4.69) is 14.5 Å². The molecule has 1 fully saturated rings. The van der Waals surface area contributed by atoms with Gasteiger partial charge in [0.25, 0.3) is 5.91 Å². The van der Waals surface area contributed by atoms with Gasteiger partial charge in [-0.05, 0) is 56.1 Å². The fourth-order valence-electron chi connectivity index (χ4n) is 4.82. The average molecular weight is 609 g/mol. The van der Waals surface area contributed by atoms with Crippen LogP contribution >= 0.6 is 0 Å². The van der Waals surface area contributed by atoms with Crippen LogP contribution in [0.5, 0.6) is 0 Å². The van der Waals surface area contributed by atoms with Gasteiger partial charge in [-0.2, -0.15) is 26.3 Å². The number of para-hydroxylation sites is 1. The van der Waals surface area contributed by atoms with Gasteiger partial charge in [-0.25, -0.2) is 13.1 Å². The maximum atomic E-state index is 13.1. The molecule has 3 rings (SSSR count). The fraction of sp³-hybridized carbons (Fsp3) is 0.519. The summed E-state index contributed by atoms with van der Waals surface area (Å²) in [5.74, 6) is -0.909. The Kier molecular flexibility index (Phi) is 10.4. The first-order chi connectivity index (χ1) is 19.0. The monoisotopic (exact) mass is 608 g/mol. The second-order valence-electron chi connectivity index (χ2n) is 10.2. The Bertz CT molecular complexity index is 1280. The molecule has 1 heterocycles. The number of piperazine rings is 1. The van der Waals surface area contributed by atoms with E-state index < -0.39 is 51.0 Å². The van der Waals surface area contributed by atoms with E-state index >= 15 is 0 Å². The molecule has 0 bridgehead atoms. The number of anilines is 1. The molecule has 7 nitrogen and oxygen atoms in total. The highest BCUT2D eigenvalue weighted by Gasteiger charge is 2.37. The van der Waals surface area contributed by atoms with Crippen LogP contribution in [0, 0.1) is 0 Å². The molecule has 1 aliphatic heterocycles. The van der Waals surface area contributed by atoms with Crippen molar-refractivity contribution in [1.82, 2.24) is 14.5 Å². The lowest BCUT2D eigenvalue weighted by atomic mass is 10.0. The van der Waals surface area contributed by atoms with Gasteiger partial charge >= 0.3 is 12.4 Å². The third kappa shape index (κ3) is 9.33. The summed E-state index contributed by atoms with van der Waals surface area (Å²) in [5.41, 5.74) is -1.87. The van der Waals surface area contributed by atoms with Gasteiger partial charge in [0, 0.05) is 57.1 Å². The molecular weight excluding hydrogens is 574 g/mol. The summed E-state index contributed by atoms with van der Waals surface area (Å²) < 4.78 is 105. The molecule has 0 saturated carbocycles. The fourth-order valence-corrected chi connectivity index (χ4v) is 5.59. The number of amides is 1. The molecular formula is C27H34F6N4O3S. The topological polar surface area (TPSA) is 73.0 Å². The van der Waals surface area contributed by atoms with Gasteiger partial charge in [0.15, 0.2) is 0 Å². The Morgan fingerprint density at radius 1 is 0.951 bits per heavy atom. The van der Waals surface area contributed by atoms with Crippen LogP contribution in [0.15, 0.2) is 42.5 Å². The highest BCUT2D eigenvalue weighted by molar-refractivity contribution is 7.88. The summed E-state index contributed by atoms with van der Waals surface area (Å²) in [4.78, 5) is 18.2. The van der Waals surface area contributed by atoms with Crippen LogP contribution in [0.3, 0.4) is 0 Å². The normalized spacial score (nSPS) is 16.1. The van der Waals surface area contributed by atoms with Gasteiger partial charge in [0.05, 0.1) is 17.4 Å². The molecule has 1 unspecified atom stereocenters. The third-order valence-electron chi connectivity index (χ3n) is 6.91. The number of hydrogen-bond acceptors (Lipinski definition) is 5. The molecule has 1 amide bonds. The maximum absolute atomic E-state index is 13.1. The van der Waals surface area contributed by atoms with Crippen molar-refractivity contribution in [3.05, 3.63) is 64.7 Å². The number of benzene rings is 2. The minimum absolute atomic E-state index is 0.00221. The summed E-state index contributed by atoms with van der Waals surface area (Å²) in [6, 6.07) is 8.12. The molecule has 1 N–H and O–H groups in total. The van der Waals surface area contributed by atoms with Gasteiger partial charge in [0.2, 0.25) is 10.0 Å². The molecule has 0 aliphatic carbocycles. The quantitative estimate of drug-likeness (QED) is 0.304. The largest absolute Gasteiger partial charge is 0.416 e. The highest BCUT2D eigenvalue weighted by atomic mass is 32.2.